The third kappa shape index (κ3) is 5.73. The Morgan fingerprint density at radius 3 is 2.45 bits per heavy atom. The first-order valence-electron chi connectivity index (χ1n) is 8.56. The number of carbonyl (C=O) groups excluding carboxylic acids is 1. The van der Waals surface area contributed by atoms with Crippen molar-refractivity contribution in [2.24, 2.45) is 0 Å². The smallest absolute Gasteiger partial charge is 0.413 e. The number of benzene rings is 1. The molecule has 0 saturated heterocycles. The van der Waals surface area contributed by atoms with Crippen molar-refractivity contribution in [1.82, 2.24) is 15.0 Å². The van der Waals surface area contributed by atoms with Crippen LogP contribution in [0, 0.1) is 17.7 Å². The summed E-state index contributed by atoms with van der Waals surface area (Å²) in [6.45, 7) is 5.29. The highest BCUT2D eigenvalue weighted by atomic mass is 32.1. The van der Waals surface area contributed by atoms with Gasteiger partial charge in [-0.05, 0) is 51.0 Å². The van der Waals surface area contributed by atoms with Crippen molar-refractivity contribution in [1.29, 1.82) is 0 Å². The van der Waals surface area contributed by atoms with Gasteiger partial charge in [-0.2, -0.15) is 0 Å². The van der Waals surface area contributed by atoms with Crippen molar-refractivity contribution in [3.63, 3.8) is 0 Å². The first kappa shape index (κ1) is 20.2. The number of nitrogen functional groups attached to an aromatic ring is 1. The maximum Gasteiger partial charge on any atom is 0.413 e. The van der Waals surface area contributed by atoms with E-state index in [-0.39, 0.29) is 17.6 Å². The van der Waals surface area contributed by atoms with Crippen molar-refractivity contribution >= 4 is 29.2 Å². The molecule has 0 spiro atoms. The lowest BCUT2D eigenvalue weighted by molar-refractivity contribution is 0.0635. The van der Waals surface area contributed by atoms with Crippen molar-refractivity contribution in [2.75, 3.05) is 11.1 Å². The van der Waals surface area contributed by atoms with E-state index in [0.717, 1.165) is 0 Å². The molecule has 2 heterocycles. The van der Waals surface area contributed by atoms with E-state index in [9.17, 15) is 9.18 Å². The van der Waals surface area contributed by atoms with Crippen LogP contribution in [0.15, 0.2) is 36.7 Å². The fourth-order valence-corrected chi connectivity index (χ4v) is 2.97. The van der Waals surface area contributed by atoms with Crippen LogP contribution in [0.1, 0.15) is 31.2 Å². The highest BCUT2D eigenvalue weighted by Crippen LogP contribution is 2.30. The molecule has 7 nitrogen and oxygen atoms in total. The van der Waals surface area contributed by atoms with Gasteiger partial charge in [0.05, 0.1) is 0 Å². The van der Waals surface area contributed by atoms with Gasteiger partial charge in [-0.1, -0.05) is 5.92 Å². The minimum Gasteiger partial charge on any atom is -0.444 e. The van der Waals surface area contributed by atoms with E-state index in [1.54, 1.807) is 32.9 Å². The van der Waals surface area contributed by atoms with Crippen molar-refractivity contribution in [3.05, 3.63) is 52.9 Å². The van der Waals surface area contributed by atoms with Gasteiger partial charge in [0.15, 0.2) is 5.82 Å². The number of nitrogens with two attached hydrogens (primary N) is 1. The first-order valence-corrected chi connectivity index (χ1v) is 9.37. The Bertz CT molecular complexity index is 1080. The number of aromatic nitrogens is 3. The van der Waals surface area contributed by atoms with Gasteiger partial charge in [0.25, 0.3) is 0 Å². The molecule has 1 amide bonds. The normalized spacial score (nSPS) is 10.8. The number of rotatable bonds is 2. The summed E-state index contributed by atoms with van der Waals surface area (Å²) in [5.74, 6) is 5.96. The molecule has 0 radical (unpaired) electrons. The number of ether oxygens (including phenoxy) is 1. The van der Waals surface area contributed by atoms with Gasteiger partial charge in [0.2, 0.25) is 5.95 Å². The summed E-state index contributed by atoms with van der Waals surface area (Å²) < 4.78 is 18.4. The van der Waals surface area contributed by atoms with Gasteiger partial charge in [-0.3, -0.25) is 5.32 Å². The predicted molar refractivity (Wildman–Crippen MR) is 110 cm³/mol. The second-order valence-electron chi connectivity index (χ2n) is 6.91. The zero-order valence-corrected chi connectivity index (χ0v) is 16.8. The third-order valence-electron chi connectivity index (χ3n) is 3.33. The fourth-order valence-electron chi connectivity index (χ4n) is 2.12. The highest BCUT2D eigenvalue weighted by molar-refractivity contribution is 7.16. The van der Waals surface area contributed by atoms with Crippen molar-refractivity contribution < 1.29 is 13.9 Å². The molecule has 0 fully saturated rings. The number of nitrogens with zero attached hydrogens (tertiary/aromatic N) is 3. The minimum atomic E-state index is -0.659. The topological polar surface area (TPSA) is 103 Å². The summed E-state index contributed by atoms with van der Waals surface area (Å²) in [5, 5.41) is 3.18. The van der Waals surface area contributed by atoms with Crippen LogP contribution in [0.4, 0.5) is 21.0 Å². The van der Waals surface area contributed by atoms with Crippen LogP contribution in [0.5, 0.6) is 0 Å². The van der Waals surface area contributed by atoms with Crippen molar-refractivity contribution in [3.8, 4) is 22.4 Å². The van der Waals surface area contributed by atoms with Crippen LogP contribution in [0.2, 0.25) is 0 Å². The molecule has 0 aliphatic rings. The highest BCUT2D eigenvalue weighted by Gasteiger charge is 2.20. The summed E-state index contributed by atoms with van der Waals surface area (Å²) >= 11 is 1.25. The molecule has 29 heavy (non-hydrogen) atoms. The molecule has 0 atom stereocenters. The molecule has 3 aromatic rings. The second-order valence-corrected chi connectivity index (χ2v) is 7.91. The summed E-state index contributed by atoms with van der Waals surface area (Å²) in [7, 11) is 0. The Morgan fingerprint density at radius 1 is 1.17 bits per heavy atom. The lowest BCUT2D eigenvalue weighted by Crippen LogP contribution is -2.27. The Kier molecular flexibility index (Phi) is 5.75. The lowest BCUT2D eigenvalue weighted by atomic mass is 10.2. The number of halogens is 1. The summed E-state index contributed by atoms with van der Waals surface area (Å²) in [6.07, 6.45) is 2.43. The quantitative estimate of drug-likeness (QED) is 0.616. The van der Waals surface area contributed by atoms with Crippen molar-refractivity contribution in [2.45, 2.75) is 26.4 Å². The van der Waals surface area contributed by atoms with Crippen LogP contribution < -0.4 is 11.1 Å². The average Bonchev–Trinajstić information content (AvgIpc) is 3.03. The molecule has 1 aromatic carbocycles. The van der Waals surface area contributed by atoms with Gasteiger partial charge in [-0.25, -0.2) is 24.1 Å². The van der Waals surface area contributed by atoms with Crippen LogP contribution >= 0.6 is 11.3 Å². The fraction of sp³-hybridized carbons (Fsp3) is 0.200. The Balaban J connectivity index is 1.94. The van der Waals surface area contributed by atoms with Crippen LogP contribution in [0.3, 0.4) is 0 Å². The lowest BCUT2D eigenvalue weighted by Gasteiger charge is -2.19. The van der Waals surface area contributed by atoms with Gasteiger partial charge < -0.3 is 10.5 Å². The molecule has 9 heteroatoms. The molecule has 2 aromatic heterocycles. The molecule has 0 saturated carbocycles. The summed E-state index contributed by atoms with van der Waals surface area (Å²) in [6, 6.07) is 5.79. The molecule has 0 unspecified atom stereocenters. The van der Waals surface area contributed by atoms with E-state index in [0.29, 0.717) is 21.0 Å². The minimum absolute atomic E-state index is 0.147. The number of carbonyl (C=O) groups is 1. The summed E-state index contributed by atoms with van der Waals surface area (Å²) in [4.78, 5) is 25.0. The summed E-state index contributed by atoms with van der Waals surface area (Å²) in [5.41, 5.74) is 6.12. The largest absolute Gasteiger partial charge is 0.444 e. The van der Waals surface area contributed by atoms with Gasteiger partial charge in [0, 0.05) is 23.5 Å². The molecule has 148 valence electrons. The average molecular weight is 411 g/mol. The molecule has 0 aliphatic carbocycles. The molecular weight excluding hydrogens is 393 g/mol. The standard InChI is InChI=1S/C20H18FN5O2S/c1-20(2,3)28-19(27)26-16-15(9-6-12-4-7-14(21)8-5-12)29-17(25-16)13-10-23-18(22)24-11-13/h4-5,7-8,10-11H,1-3H3,(H,26,27)(H2,22,23,24). The van der Waals surface area contributed by atoms with E-state index in [2.05, 4.69) is 32.1 Å². The van der Waals surface area contributed by atoms with E-state index in [1.807, 2.05) is 0 Å². The molecule has 0 aliphatic heterocycles. The monoisotopic (exact) mass is 411 g/mol. The zero-order valence-electron chi connectivity index (χ0n) is 16.0. The maximum absolute atomic E-state index is 13.1. The second kappa shape index (κ2) is 8.24. The Labute approximate surface area is 171 Å². The number of nitrogens with one attached hydrogen (secondary N) is 1. The van der Waals surface area contributed by atoms with Gasteiger partial charge in [-0.15, -0.1) is 11.3 Å². The van der Waals surface area contributed by atoms with Crippen LogP contribution in [-0.2, 0) is 4.74 Å². The Hall–Kier alpha value is -3.51. The number of amides is 1. The molecule has 3 rings (SSSR count). The third-order valence-corrected chi connectivity index (χ3v) is 4.35. The van der Waals surface area contributed by atoms with E-state index in [1.165, 1.54) is 35.9 Å². The van der Waals surface area contributed by atoms with Crippen LogP contribution in [-0.4, -0.2) is 26.6 Å². The predicted octanol–water partition coefficient (Wildman–Crippen LogP) is 4.07. The number of thiazole rings is 1. The van der Waals surface area contributed by atoms with E-state index in [4.69, 9.17) is 10.5 Å². The van der Waals surface area contributed by atoms with E-state index >= 15 is 0 Å². The molecular formula is C20H18FN5O2S. The SMILES string of the molecule is CC(C)(C)OC(=O)Nc1nc(-c2cnc(N)nc2)sc1C#Cc1ccc(F)cc1. The van der Waals surface area contributed by atoms with Crippen LogP contribution in [0.25, 0.3) is 10.6 Å². The number of anilines is 2. The number of hydrogen-bond acceptors (Lipinski definition) is 7. The zero-order chi connectivity index (χ0) is 21.0. The van der Waals surface area contributed by atoms with Gasteiger partial charge >= 0.3 is 6.09 Å². The molecule has 0 bridgehead atoms. The molecule has 3 N–H and O–H groups in total. The Morgan fingerprint density at radius 2 is 1.83 bits per heavy atom. The number of hydrogen-bond donors (Lipinski definition) is 2. The maximum atomic E-state index is 13.1. The first-order chi connectivity index (χ1) is 13.7. The van der Waals surface area contributed by atoms with Gasteiger partial charge in [0.1, 0.15) is 21.3 Å². The van der Waals surface area contributed by atoms with E-state index < -0.39 is 11.7 Å².